The van der Waals surface area contributed by atoms with Gasteiger partial charge in [0.25, 0.3) is 0 Å². The Morgan fingerprint density at radius 1 is 1.16 bits per heavy atom. The molecule has 1 N–H and O–H groups in total. The summed E-state index contributed by atoms with van der Waals surface area (Å²) in [7, 11) is 0. The summed E-state index contributed by atoms with van der Waals surface area (Å²) in [5.41, 5.74) is 0.456. The molecule has 0 radical (unpaired) electrons. The number of fused-ring (bicyclic) bond motifs is 5. The second-order valence-corrected chi connectivity index (χ2v) is 11.9. The molecule has 0 bridgehead atoms. The van der Waals surface area contributed by atoms with Gasteiger partial charge in [0.15, 0.2) is 0 Å². The Balaban J connectivity index is 1.37. The lowest BCUT2D eigenvalue weighted by Crippen LogP contribution is -2.62. The SMILES string of the molecule is CC12CCC(OC(=O)CBr)CC1CC[C@@H]1[C@@H]2CCC2(C)C(C3=CC(=O)OC3)CCC12O. The summed E-state index contributed by atoms with van der Waals surface area (Å²) in [5.74, 6) is 1.25. The Morgan fingerprint density at radius 2 is 1.97 bits per heavy atom. The number of halogens is 1. The van der Waals surface area contributed by atoms with Gasteiger partial charge in [0, 0.05) is 11.5 Å². The van der Waals surface area contributed by atoms with Gasteiger partial charge in [-0.25, -0.2) is 4.79 Å². The minimum atomic E-state index is -0.666. The fraction of sp³-hybridized carbons (Fsp3) is 0.840. The maximum Gasteiger partial charge on any atom is 0.331 e. The first-order valence-corrected chi connectivity index (χ1v) is 13.2. The van der Waals surface area contributed by atoms with Crippen molar-refractivity contribution in [2.24, 2.45) is 34.5 Å². The van der Waals surface area contributed by atoms with Crippen molar-refractivity contribution in [2.45, 2.75) is 83.3 Å². The highest BCUT2D eigenvalue weighted by Crippen LogP contribution is 2.70. The number of cyclic esters (lactones) is 1. The van der Waals surface area contributed by atoms with Gasteiger partial charge in [-0.1, -0.05) is 29.8 Å². The van der Waals surface area contributed by atoms with Crippen molar-refractivity contribution in [3.63, 3.8) is 0 Å². The van der Waals surface area contributed by atoms with Gasteiger partial charge in [-0.05, 0) is 92.4 Å². The lowest BCUT2D eigenvalue weighted by atomic mass is 9.43. The molecule has 0 aromatic heterocycles. The highest BCUT2D eigenvalue weighted by atomic mass is 79.9. The third-order valence-electron chi connectivity index (χ3n) is 10.3. The number of ether oxygens (including phenoxy) is 2. The van der Waals surface area contributed by atoms with Gasteiger partial charge in [-0.15, -0.1) is 0 Å². The maximum atomic E-state index is 12.2. The average molecular weight is 495 g/mol. The van der Waals surface area contributed by atoms with Crippen LogP contribution in [0.3, 0.4) is 0 Å². The van der Waals surface area contributed by atoms with Crippen LogP contribution in [0.4, 0.5) is 0 Å². The summed E-state index contributed by atoms with van der Waals surface area (Å²) >= 11 is 3.20. The molecule has 0 aromatic carbocycles. The van der Waals surface area contributed by atoms with Crippen LogP contribution in [0, 0.1) is 34.5 Å². The minimum absolute atomic E-state index is 0.0410. The molecule has 5 rings (SSSR count). The Labute approximate surface area is 193 Å². The van der Waals surface area contributed by atoms with Gasteiger partial charge in [0.1, 0.15) is 18.0 Å². The third kappa shape index (κ3) is 3.18. The van der Waals surface area contributed by atoms with E-state index in [1.165, 1.54) is 0 Å². The molecule has 0 amide bonds. The molecule has 4 saturated carbocycles. The molecular weight excluding hydrogens is 460 g/mol. The van der Waals surface area contributed by atoms with Crippen LogP contribution < -0.4 is 0 Å². The molecule has 6 heteroatoms. The molecule has 31 heavy (non-hydrogen) atoms. The quantitative estimate of drug-likeness (QED) is 0.460. The molecule has 4 aliphatic carbocycles. The number of alkyl halides is 1. The van der Waals surface area contributed by atoms with Crippen LogP contribution in [-0.4, -0.2) is 40.7 Å². The lowest BCUT2D eigenvalue weighted by Gasteiger charge is -2.63. The molecule has 0 saturated heterocycles. The average Bonchev–Trinajstić information content (AvgIpc) is 3.28. The zero-order chi connectivity index (χ0) is 22.0. The molecule has 4 fully saturated rings. The summed E-state index contributed by atoms with van der Waals surface area (Å²) in [6, 6.07) is 0. The Bertz CT molecular complexity index is 810. The van der Waals surface area contributed by atoms with Crippen molar-refractivity contribution >= 4 is 27.9 Å². The number of esters is 2. The van der Waals surface area contributed by atoms with E-state index in [4.69, 9.17) is 9.47 Å². The molecular formula is C25H35BrO5. The first-order chi connectivity index (χ1) is 14.7. The Morgan fingerprint density at radius 3 is 2.68 bits per heavy atom. The van der Waals surface area contributed by atoms with Gasteiger partial charge in [0.05, 0.1) is 5.60 Å². The van der Waals surface area contributed by atoms with Gasteiger partial charge < -0.3 is 14.6 Å². The number of carbonyl (C=O) groups is 2. The van der Waals surface area contributed by atoms with Crippen molar-refractivity contribution in [3.8, 4) is 0 Å². The largest absolute Gasteiger partial charge is 0.462 e. The van der Waals surface area contributed by atoms with Gasteiger partial charge >= 0.3 is 11.9 Å². The van der Waals surface area contributed by atoms with Crippen LogP contribution in [0.1, 0.15) is 71.6 Å². The molecule has 5 aliphatic rings. The first-order valence-electron chi connectivity index (χ1n) is 12.1. The predicted octanol–water partition coefficient (Wildman–Crippen LogP) is 4.55. The Kier molecular flexibility index (Phi) is 5.36. The van der Waals surface area contributed by atoms with E-state index in [1.54, 1.807) is 6.08 Å². The van der Waals surface area contributed by atoms with Crippen LogP contribution in [-0.2, 0) is 19.1 Å². The molecule has 172 valence electrons. The molecule has 1 aliphatic heterocycles. The maximum absolute atomic E-state index is 12.2. The number of rotatable bonds is 3. The number of carbonyl (C=O) groups excluding carboxylic acids is 2. The smallest absolute Gasteiger partial charge is 0.331 e. The van der Waals surface area contributed by atoms with Crippen molar-refractivity contribution in [1.82, 2.24) is 0 Å². The van der Waals surface area contributed by atoms with Crippen molar-refractivity contribution in [2.75, 3.05) is 11.9 Å². The number of aliphatic hydroxyl groups is 1. The van der Waals surface area contributed by atoms with Gasteiger partial charge in [-0.3, -0.25) is 4.79 Å². The third-order valence-corrected chi connectivity index (χ3v) is 10.8. The van der Waals surface area contributed by atoms with Crippen LogP contribution >= 0.6 is 15.9 Å². The van der Waals surface area contributed by atoms with E-state index in [1.807, 2.05) is 0 Å². The standard InChI is InChI=1S/C25H35BrO5/c1-23-8-5-17(31-22(28)13-26)12-16(23)3-4-20-19(23)6-9-24(2)18(7-10-25(20,24)29)15-11-21(27)30-14-15/h11,16-20,29H,3-10,12-14H2,1-2H3/t16?,17?,18?,19-,20+,23?,24?,25?/m0/s1. The number of hydrogen-bond donors (Lipinski definition) is 1. The van der Waals surface area contributed by atoms with Crippen LogP contribution in [0.15, 0.2) is 11.6 Å². The molecule has 1 heterocycles. The zero-order valence-electron chi connectivity index (χ0n) is 18.7. The zero-order valence-corrected chi connectivity index (χ0v) is 20.3. The molecule has 6 unspecified atom stereocenters. The predicted molar refractivity (Wildman–Crippen MR) is 119 cm³/mol. The summed E-state index contributed by atoms with van der Waals surface area (Å²) in [5, 5.41) is 12.5. The normalized spacial score (nSPS) is 48.8. The van der Waals surface area contributed by atoms with E-state index < -0.39 is 5.60 Å². The molecule has 0 spiro atoms. The summed E-state index contributed by atoms with van der Waals surface area (Å²) in [4.78, 5) is 23.5. The molecule has 8 atom stereocenters. The second kappa shape index (κ2) is 7.58. The molecule has 0 aromatic rings. The number of hydrogen-bond acceptors (Lipinski definition) is 5. The van der Waals surface area contributed by atoms with E-state index >= 15 is 0 Å². The topological polar surface area (TPSA) is 72.8 Å². The lowest BCUT2D eigenvalue weighted by molar-refractivity contribution is -0.209. The van der Waals surface area contributed by atoms with E-state index in [0.29, 0.717) is 24.4 Å². The van der Waals surface area contributed by atoms with Gasteiger partial charge in [-0.2, -0.15) is 0 Å². The van der Waals surface area contributed by atoms with Crippen molar-refractivity contribution in [1.29, 1.82) is 0 Å². The highest BCUT2D eigenvalue weighted by molar-refractivity contribution is 9.09. The van der Waals surface area contributed by atoms with E-state index in [0.717, 1.165) is 63.4 Å². The summed E-state index contributed by atoms with van der Waals surface area (Å²) in [6.07, 6.45) is 10.8. The van der Waals surface area contributed by atoms with Crippen LogP contribution in [0.2, 0.25) is 0 Å². The summed E-state index contributed by atoms with van der Waals surface area (Å²) in [6.45, 7) is 5.12. The molecule has 5 nitrogen and oxygen atoms in total. The van der Waals surface area contributed by atoms with E-state index in [9.17, 15) is 14.7 Å². The first kappa shape index (κ1) is 21.9. The minimum Gasteiger partial charge on any atom is -0.462 e. The fourth-order valence-electron chi connectivity index (χ4n) is 8.69. The van der Waals surface area contributed by atoms with Crippen LogP contribution in [0.5, 0.6) is 0 Å². The van der Waals surface area contributed by atoms with E-state index in [-0.39, 0.29) is 40.1 Å². The Hall–Kier alpha value is -0.880. The van der Waals surface area contributed by atoms with Gasteiger partial charge in [0.2, 0.25) is 0 Å². The summed E-state index contributed by atoms with van der Waals surface area (Å²) < 4.78 is 10.9. The highest BCUT2D eigenvalue weighted by Gasteiger charge is 2.67. The van der Waals surface area contributed by atoms with Crippen LogP contribution in [0.25, 0.3) is 0 Å². The monoisotopic (exact) mass is 494 g/mol. The second-order valence-electron chi connectivity index (χ2n) is 11.3. The van der Waals surface area contributed by atoms with Crippen molar-refractivity contribution < 1.29 is 24.2 Å². The van der Waals surface area contributed by atoms with E-state index in [2.05, 4.69) is 29.8 Å². The van der Waals surface area contributed by atoms with Crippen molar-refractivity contribution in [3.05, 3.63) is 11.6 Å². The fourth-order valence-corrected chi connectivity index (χ4v) is 8.83.